The predicted octanol–water partition coefficient (Wildman–Crippen LogP) is 1.00. The molecule has 0 bridgehead atoms. The maximum Gasteiger partial charge on any atom is 0.224 e. The van der Waals surface area contributed by atoms with Gasteiger partial charge in [0.15, 0.2) is 0 Å². The fourth-order valence-corrected chi connectivity index (χ4v) is 2.74. The molecule has 1 aromatic rings. The summed E-state index contributed by atoms with van der Waals surface area (Å²) in [5, 5.41) is 10.2. The van der Waals surface area contributed by atoms with Gasteiger partial charge >= 0.3 is 0 Å². The largest absolute Gasteiger partial charge is 0.353 e. The number of hydrogen-bond acceptors (Lipinski definition) is 3. The van der Waals surface area contributed by atoms with Crippen molar-refractivity contribution in [2.24, 2.45) is 17.6 Å². The summed E-state index contributed by atoms with van der Waals surface area (Å²) in [5.74, 6) is 0.532. The molecule has 5 heteroatoms. The van der Waals surface area contributed by atoms with Gasteiger partial charge in [-0.1, -0.05) is 13.8 Å². The van der Waals surface area contributed by atoms with Gasteiger partial charge in [-0.25, -0.2) is 0 Å². The van der Waals surface area contributed by atoms with Gasteiger partial charge in [-0.3, -0.25) is 9.89 Å². The number of aromatic amines is 1. The summed E-state index contributed by atoms with van der Waals surface area (Å²) >= 11 is 0. The second-order valence-corrected chi connectivity index (χ2v) is 5.88. The third-order valence-corrected chi connectivity index (χ3v) is 3.77. The van der Waals surface area contributed by atoms with E-state index in [4.69, 9.17) is 5.73 Å². The van der Waals surface area contributed by atoms with Gasteiger partial charge in [-0.15, -0.1) is 0 Å². The number of carbonyl (C=O) groups excluding carboxylic acids is 1. The Morgan fingerprint density at radius 2 is 2.42 bits per heavy atom. The molecule has 19 heavy (non-hydrogen) atoms. The number of nitrogens with zero attached hydrogens (tertiary/aromatic N) is 1. The van der Waals surface area contributed by atoms with Crippen LogP contribution in [-0.2, 0) is 17.6 Å². The third-order valence-electron chi connectivity index (χ3n) is 3.77. The first-order chi connectivity index (χ1) is 9.10. The first-order valence-electron chi connectivity index (χ1n) is 7.11. The van der Waals surface area contributed by atoms with E-state index >= 15 is 0 Å². The van der Waals surface area contributed by atoms with Gasteiger partial charge in [0.25, 0.3) is 0 Å². The van der Waals surface area contributed by atoms with Crippen LogP contribution in [0.15, 0.2) is 6.20 Å². The lowest BCUT2D eigenvalue weighted by molar-refractivity contribution is -0.126. The van der Waals surface area contributed by atoms with E-state index in [0.717, 1.165) is 25.7 Å². The van der Waals surface area contributed by atoms with Gasteiger partial charge in [-0.2, -0.15) is 5.10 Å². The van der Waals surface area contributed by atoms with Crippen LogP contribution in [0.25, 0.3) is 0 Å². The zero-order valence-electron chi connectivity index (χ0n) is 11.8. The maximum atomic E-state index is 12.2. The van der Waals surface area contributed by atoms with Crippen molar-refractivity contribution in [1.29, 1.82) is 0 Å². The molecule has 5 nitrogen and oxygen atoms in total. The van der Waals surface area contributed by atoms with Crippen molar-refractivity contribution >= 4 is 5.91 Å². The Balaban J connectivity index is 1.89. The lowest BCUT2D eigenvalue weighted by atomic mass is 9.91. The standard InChI is InChI=1S/C14H24N4O/c1-9(2)5-10(7-15)14(19)17-12-3-4-13-11(6-12)8-16-18-13/h8-10,12H,3-7,15H2,1-2H3,(H,16,18)(H,17,19)/t10-,12+/m0/s1. The molecule has 1 aliphatic carbocycles. The van der Waals surface area contributed by atoms with E-state index in [2.05, 4.69) is 29.4 Å². The highest BCUT2D eigenvalue weighted by atomic mass is 16.1. The summed E-state index contributed by atoms with van der Waals surface area (Å²) in [5.41, 5.74) is 8.15. The molecule has 0 aromatic carbocycles. The van der Waals surface area contributed by atoms with Crippen LogP contribution in [0, 0.1) is 11.8 Å². The molecule has 106 valence electrons. The van der Waals surface area contributed by atoms with Crippen molar-refractivity contribution in [2.75, 3.05) is 6.54 Å². The molecule has 0 unspecified atom stereocenters. The molecule has 0 aliphatic heterocycles. The molecule has 1 amide bonds. The number of nitrogens with one attached hydrogen (secondary N) is 2. The van der Waals surface area contributed by atoms with Crippen LogP contribution in [0.4, 0.5) is 0 Å². The number of nitrogens with two attached hydrogens (primary N) is 1. The van der Waals surface area contributed by atoms with Crippen molar-refractivity contribution in [3.8, 4) is 0 Å². The third kappa shape index (κ3) is 3.56. The number of aryl methyl sites for hydroxylation is 1. The number of hydrogen-bond donors (Lipinski definition) is 3. The van der Waals surface area contributed by atoms with Gasteiger partial charge < -0.3 is 11.1 Å². The number of carbonyl (C=O) groups is 1. The van der Waals surface area contributed by atoms with E-state index in [1.165, 1.54) is 11.3 Å². The minimum atomic E-state index is -0.0641. The van der Waals surface area contributed by atoms with Crippen LogP contribution >= 0.6 is 0 Å². The van der Waals surface area contributed by atoms with Crippen LogP contribution in [0.3, 0.4) is 0 Å². The van der Waals surface area contributed by atoms with E-state index in [9.17, 15) is 4.79 Å². The Kier molecular flexibility index (Phi) is 4.58. The van der Waals surface area contributed by atoms with E-state index in [-0.39, 0.29) is 17.9 Å². The number of amides is 1. The average molecular weight is 264 g/mol. The van der Waals surface area contributed by atoms with Gasteiger partial charge in [0, 0.05) is 18.3 Å². The zero-order chi connectivity index (χ0) is 13.8. The molecule has 4 N–H and O–H groups in total. The van der Waals surface area contributed by atoms with Gasteiger partial charge in [0.2, 0.25) is 5.91 Å². The number of fused-ring (bicyclic) bond motifs is 1. The number of H-pyrrole nitrogens is 1. The van der Waals surface area contributed by atoms with Crippen molar-refractivity contribution < 1.29 is 4.79 Å². The average Bonchev–Trinajstić information content (AvgIpc) is 2.82. The molecule has 0 radical (unpaired) electrons. The Hall–Kier alpha value is -1.36. The second kappa shape index (κ2) is 6.19. The highest BCUT2D eigenvalue weighted by Gasteiger charge is 2.25. The fourth-order valence-electron chi connectivity index (χ4n) is 2.74. The first-order valence-corrected chi connectivity index (χ1v) is 7.11. The highest BCUT2D eigenvalue weighted by Crippen LogP contribution is 2.19. The van der Waals surface area contributed by atoms with Crippen LogP contribution in [0.2, 0.25) is 0 Å². The molecule has 0 fully saturated rings. The Bertz CT molecular complexity index is 427. The van der Waals surface area contributed by atoms with E-state index in [0.29, 0.717) is 12.5 Å². The van der Waals surface area contributed by atoms with E-state index in [1.54, 1.807) is 0 Å². The van der Waals surface area contributed by atoms with Crippen molar-refractivity contribution in [3.63, 3.8) is 0 Å². The molecular weight excluding hydrogens is 240 g/mol. The van der Waals surface area contributed by atoms with E-state index < -0.39 is 0 Å². The molecule has 2 atom stereocenters. The van der Waals surface area contributed by atoms with Gasteiger partial charge in [-0.05, 0) is 37.2 Å². The monoisotopic (exact) mass is 264 g/mol. The second-order valence-electron chi connectivity index (χ2n) is 5.88. The summed E-state index contributed by atoms with van der Waals surface area (Å²) in [7, 11) is 0. The summed E-state index contributed by atoms with van der Waals surface area (Å²) in [6, 6.07) is 0.221. The molecule has 1 heterocycles. The first kappa shape index (κ1) is 14.1. The Morgan fingerprint density at radius 3 is 3.11 bits per heavy atom. The number of aromatic nitrogens is 2. The topological polar surface area (TPSA) is 83.8 Å². The molecular formula is C14H24N4O. The lowest BCUT2D eigenvalue weighted by Gasteiger charge is -2.25. The quantitative estimate of drug-likeness (QED) is 0.742. The Labute approximate surface area is 114 Å². The van der Waals surface area contributed by atoms with Crippen molar-refractivity contribution in [1.82, 2.24) is 15.5 Å². The molecule has 0 saturated heterocycles. The molecule has 0 saturated carbocycles. The summed E-state index contributed by atoms with van der Waals surface area (Å²) < 4.78 is 0. The van der Waals surface area contributed by atoms with Crippen molar-refractivity contribution in [3.05, 3.63) is 17.5 Å². The SMILES string of the molecule is CC(C)C[C@@H](CN)C(=O)N[C@@H]1CCc2[nH]ncc2C1. The molecule has 0 spiro atoms. The van der Waals surface area contributed by atoms with Crippen LogP contribution in [0.1, 0.15) is 37.9 Å². The minimum Gasteiger partial charge on any atom is -0.353 e. The van der Waals surface area contributed by atoms with Crippen LogP contribution in [-0.4, -0.2) is 28.7 Å². The molecule has 1 aliphatic rings. The van der Waals surface area contributed by atoms with Crippen LogP contribution in [0.5, 0.6) is 0 Å². The normalized spacial score (nSPS) is 20.1. The van der Waals surface area contributed by atoms with Crippen molar-refractivity contribution in [2.45, 2.75) is 45.6 Å². The maximum absolute atomic E-state index is 12.2. The summed E-state index contributed by atoms with van der Waals surface area (Å²) in [6.07, 6.45) is 5.52. The van der Waals surface area contributed by atoms with Gasteiger partial charge in [0.1, 0.15) is 0 Å². The zero-order valence-corrected chi connectivity index (χ0v) is 11.8. The predicted molar refractivity (Wildman–Crippen MR) is 74.5 cm³/mol. The lowest BCUT2D eigenvalue weighted by Crippen LogP contribution is -2.44. The highest BCUT2D eigenvalue weighted by molar-refractivity contribution is 5.79. The summed E-state index contributed by atoms with van der Waals surface area (Å²) in [4.78, 5) is 12.2. The minimum absolute atomic E-state index is 0.0641. The van der Waals surface area contributed by atoms with Gasteiger partial charge in [0.05, 0.1) is 12.1 Å². The molecule has 1 aromatic heterocycles. The van der Waals surface area contributed by atoms with E-state index in [1.807, 2.05) is 6.20 Å². The smallest absolute Gasteiger partial charge is 0.224 e. The molecule has 2 rings (SSSR count). The number of rotatable bonds is 5. The van der Waals surface area contributed by atoms with Crippen LogP contribution < -0.4 is 11.1 Å². The summed E-state index contributed by atoms with van der Waals surface area (Å²) in [6.45, 7) is 4.66. The fraction of sp³-hybridized carbons (Fsp3) is 0.714. The Morgan fingerprint density at radius 1 is 1.63 bits per heavy atom.